The molecule has 2 aliphatic heterocycles. The molecule has 5 heteroatoms. The van der Waals surface area contributed by atoms with Gasteiger partial charge in [-0.3, -0.25) is 9.69 Å². The molecule has 2 aromatic carbocycles. The van der Waals surface area contributed by atoms with E-state index in [-0.39, 0.29) is 17.9 Å². The van der Waals surface area contributed by atoms with Gasteiger partial charge in [0, 0.05) is 21.1 Å². The number of nitrogens with zero attached hydrogens (tertiary/aromatic N) is 1. The minimum absolute atomic E-state index is 0.0620. The van der Waals surface area contributed by atoms with Crippen LogP contribution in [-0.2, 0) is 4.79 Å². The molecule has 130 valence electrons. The first kappa shape index (κ1) is 17.1. The molecular weight excluding hydrogens is 400 g/mol. The van der Waals surface area contributed by atoms with Crippen molar-refractivity contribution in [2.24, 2.45) is 0 Å². The van der Waals surface area contributed by atoms with Crippen molar-refractivity contribution in [3.05, 3.63) is 63.1 Å². The number of benzene rings is 2. The SMILES string of the molecule is O=C1Nc2ccc(Br)cc2C(c2ccccc2Cl)C1N1CCCCC1. The lowest BCUT2D eigenvalue weighted by Crippen LogP contribution is -2.52. The molecule has 2 heterocycles. The zero-order valence-electron chi connectivity index (χ0n) is 13.8. The second kappa shape index (κ2) is 7.10. The van der Waals surface area contributed by atoms with Gasteiger partial charge in [-0.1, -0.05) is 52.2 Å². The predicted molar refractivity (Wildman–Crippen MR) is 105 cm³/mol. The largest absolute Gasteiger partial charge is 0.324 e. The number of carbonyl (C=O) groups excluding carboxylic acids is 1. The highest BCUT2D eigenvalue weighted by Crippen LogP contribution is 2.43. The van der Waals surface area contributed by atoms with Crippen molar-refractivity contribution in [3.8, 4) is 0 Å². The minimum Gasteiger partial charge on any atom is -0.324 e. The summed E-state index contributed by atoms with van der Waals surface area (Å²) < 4.78 is 1.01. The minimum atomic E-state index is -0.220. The second-order valence-corrected chi connectivity index (χ2v) is 8.08. The van der Waals surface area contributed by atoms with Crippen LogP contribution < -0.4 is 5.32 Å². The molecule has 0 bridgehead atoms. The zero-order valence-corrected chi connectivity index (χ0v) is 16.2. The molecule has 1 fully saturated rings. The van der Waals surface area contributed by atoms with Gasteiger partial charge in [0.2, 0.25) is 5.91 Å². The van der Waals surface area contributed by atoms with Crippen LogP contribution in [0, 0.1) is 0 Å². The lowest BCUT2D eigenvalue weighted by Gasteiger charge is -2.42. The highest BCUT2D eigenvalue weighted by atomic mass is 79.9. The standard InChI is InChI=1S/C20H20BrClN2O/c21-13-8-9-17-15(12-13)18(14-6-2-3-7-16(14)22)19(20(25)23-17)24-10-4-1-5-11-24/h2-3,6-9,12,18-19H,1,4-5,10-11H2,(H,23,25). The van der Waals surface area contributed by atoms with Crippen molar-refractivity contribution in [2.45, 2.75) is 31.2 Å². The molecule has 2 unspecified atom stereocenters. The van der Waals surface area contributed by atoms with E-state index in [2.05, 4.69) is 32.2 Å². The van der Waals surface area contributed by atoms with Gasteiger partial charge in [0.25, 0.3) is 0 Å². The van der Waals surface area contributed by atoms with Crippen LogP contribution in [0.4, 0.5) is 5.69 Å². The summed E-state index contributed by atoms with van der Waals surface area (Å²) in [5.74, 6) is 0.00897. The molecule has 4 rings (SSSR count). The van der Waals surface area contributed by atoms with Crippen molar-refractivity contribution in [3.63, 3.8) is 0 Å². The molecule has 3 nitrogen and oxygen atoms in total. The quantitative estimate of drug-likeness (QED) is 0.739. The Balaban J connectivity index is 1.87. The van der Waals surface area contributed by atoms with Gasteiger partial charge in [-0.05, 0) is 61.3 Å². The molecule has 0 aromatic heterocycles. The monoisotopic (exact) mass is 418 g/mol. The second-order valence-electron chi connectivity index (χ2n) is 6.76. The maximum absolute atomic E-state index is 13.0. The van der Waals surface area contributed by atoms with Gasteiger partial charge >= 0.3 is 0 Å². The van der Waals surface area contributed by atoms with Crippen LogP contribution in [0.25, 0.3) is 0 Å². The number of likely N-dealkylation sites (tertiary alicyclic amines) is 1. The number of anilines is 1. The first-order valence-electron chi connectivity index (χ1n) is 8.74. The van der Waals surface area contributed by atoms with Crippen LogP contribution in [0.2, 0.25) is 5.02 Å². The first-order valence-corrected chi connectivity index (χ1v) is 9.91. The fourth-order valence-corrected chi connectivity index (χ4v) is 4.70. The molecule has 25 heavy (non-hydrogen) atoms. The van der Waals surface area contributed by atoms with E-state index in [1.807, 2.05) is 36.4 Å². The molecule has 0 spiro atoms. The maximum atomic E-state index is 13.0. The Morgan fingerprint density at radius 2 is 1.80 bits per heavy atom. The molecule has 0 saturated carbocycles. The van der Waals surface area contributed by atoms with Crippen LogP contribution in [-0.4, -0.2) is 29.9 Å². The van der Waals surface area contributed by atoms with Crippen LogP contribution in [0.15, 0.2) is 46.9 Å². The first-order chi connectivity index (χ1) is 12.1. The highest BCUT2D eigenvalue weighted by Gasteiger charge is 2.41. The number of hydrogen-bond donors (Lipinski definition) is 1. The third-order valence-corrected chi connectivity index (χ3v) is 6.05. The molecular formula is C20H20BrClN2O. The van der Waals surface area contributed by atoms with Crippen molar-refractivity contribution in [2.75, 3.05) is 18.4 Å². The van der Waals surface area contributed by atoms with Crippen LogP contribution in [0.3, 0.4) is 0 Å². The lowest BCUT2D eigenvalue weighted by atomic mass is 9.80. The number of carbonyl (C=O) groups is 1. The van der Waals surface area contributed by atoms with E-state index in [4.69, 9.17) is 11.6 Å². The summed E-state index contributed by atoms with van der Waals surface area (Å²) >= 11 is 10.1. The molecule has 2 aromatic rings. The van der Waals surface area contributed by atoms with E-state index in [1.165, 1.54) is 6.42 Å². The van der Waals surface area contributed by atoms with Crippen LogP contribution in [0.5, 0.6) is 0 Å². The summed E-state index contributed by atoms with van der Waals surface area (Å²) in [6.45, 7) is 1.92. The topological polar surface area (TPSA) is 32.3 Å². The molecule has 2 atom stereocenters. The smallest absolute Gasteiger partial charge is 0.242 e. The number of halogens is 2. The normalized spacial score (nSPS) is 23.8. The highest BCUT2D eigenvalue weighted by molar-refractivity contribution is 9.10. The molecule has 1 amide bonds. The number of piperidine rings is 1. The van der Waals surface area contributed by atoms with Crippen molar-refractivity contribution in [1.29, 1.82) is 0 Å². The van der Waals surface area contributed by atoms with E-state index in [1.54, 1.807) is 0 Å². The van der Waals surface area contributed by atoms with E-state index >= 15 is 0 Å². The average Bonchev–Trinajstić information content (AvgIpc) is 2.62. The summed E-state index contributed by atoms with van der Waals surface area (Å²) in [7, 11) is 0. The number of hydrogen-bond acceptors (Lipinski definition) is 2. The number of rotatable bonds is 2. The van der Waals surface area contributed by atoms with Gasteiger partial charge < -0.3 is 5.32 Å². The molecule has 2 aliphatic rings. The molecule has 1 saturated heterocycles. The molecule has 1 N–H and O–H groups in total. The lowest BCUT2D eigenvalue weighted by molar-refractivity contribution is -0.122. The zero-order chi connectivity index (χ0) is 17.4. The Kier molecular flexibility index (Phi) is 4.85. The van der Waals surface area contributed by atoms with E-state index < -0.39 is 0 Å². The summed E-state index contributed by atoms with van der Waals surface area (Å²) in [6, 6.07) is 13.7. The van der Waals surface area contributed by atoms with Crippen molar-refractivity contribution >= 4 is 39.1 Å². The van der Waals surface area contributed by atoms with Crippen LogP contribution >= 0.6 is 27.5 Å². The average molecular weight is 420 g/mol. The fraction of sp³-hybridized carbons (Fsp3) is 0.350. The summed E-state index contributed by atoms with van der Waals surface area (Å²) in [6.07, 6.45) is 3.53. The van der Waals surface area contributed by atoms with Crippen LogP contribution in [0.1, 0.15) is 36.3 Å². The van der Waals surface area contributed by atoms with E-state index in [9.17, 15) is 4.79 Å². The Morgan fingerprint density at radius 3 is 2.56 bits per heavy atom. The Hall–Kier alpha value is -1.36. The third kappa shape index (κ3) is 3.23. The summed E-state index contributed by atoms with van der Waals surface area (Å²) in [5, 5.41) is 3.83. The Bertz CT molecular complexity index is 804. The Morgan fingerprint density at radius 1 is 1.04 bits per heavy atom. The summed E-state index contributed by atoms with van der Waals surface area (Å²) in [5.41, 5.74) is 3.03. The van der Waals surface area contributed by atoms with Gasteiger partial charge in [-0.2, -0.15) is 0 Å². The van der Waals surface area contributed by atoms with E-state index in [0.717, 1.165) is 52.2 Å². The van der Waals surface area contributed by atoms with E-state index in [0.29, 0.717) is 0 Å². The maximum Gasteiger partial charge on any atom is 0.242 e. The predicted octanol–water partition coefficient (Wildman–Crippen LogP) is 5.04. The van der Waals surface area contributed by atoms with Gasteiger partial charge in [-0.25, -0.2) is 0 Å². The van der Waals surface area contributed by atoms with Gasteiger partial charge in [-0.15, -0.1) is 0 Å². The Labute approximate surface area is 161 Å². The van der Waals surface area contributed by atoms with Gasteiger partial charge in [0.05, 0.1) is 0 Å². The number of nitrogens with one attached hydrogen (secondary N) is 1. The van der Waals surface area contributed by atoms with Crippen molar-refractivity contribution < 1.29 is 4.79 Å². The fourth-order valence-electron chi connectivity index (χ4n) is 4.07. The molecule has 0 aliphatic carbocycles. The molecule has 0 radical (unpaired) electrons. The third-order valence-electron chi connectivity index (χ3n) is 5.22. The summed E-state index contributed by atoms with van der Waals surface area (Å²) in [4.78, 5) is 15.4. The van der Waals surface area contributed by atoms with Gasteiger partial charge in [0.15, 0.2) is 0 Å². The number of fused-ring (bicyclic) bond motifs is 1. The van der Waals surface area contributed by atoms with Crippen molar-refractivity contribution in [1.82, 2.24) is 4.90 Å². The van der Waals surface area contributed by atoms with Gasteiger partial charge in [0.1, 0.15) is 6.04 Å². The number of amides is 1.